The van der Waals surface area contributed by atoms with E-state index < -0.39 is 0 Å². The molecule has 3 heterocycles. The van der Waals surface area contributed by atoms with Crippen LogP contribution in [0, 0.1) is 0 Å². The summed E-state index contributed by atoms with van der Waals surface area (Å²) in [7, 11) is 3.12. The van der Waals surface area contributed by atoms with Gasteiger partial charge >= 0.3 is 0 Å². The van der Waals surface area contributed by atoms with E-state index in [0.717, 1.165) is 5.82 Å². The van der Waals surface area contributed by atoms with Gasteiger partial charge in [-0.1, -0.05) is 0 Å². The normalized spacial score (nSPS) is 17.2. The first-order valence-electron chi connectivity index (χ1n) is 12.1. The van der Waals surface area contributed by atoms with Crippen LogP contribution in [0.5, 0.6) is 11.5 Å². The molecular weight excluding hydrogens is 490 g/mol. The Labute approximate surface area is 219 Å². The lowest BCUT2D eigenvalue weighted by atomic mass is 9.98. The molecule has 12 heteroatoms. The fourth-order valence-electron chi connectivity index (χ4n) is 4.39. The third kappa shape index (κ3) is 5.30. The summed E-state index contributed by atoms with van der Waals surface area (Å²) in [6.45, 7) is 3.30. The fourth-order valence-corrected chi connectivity index (χ4v) is 4.39. The van der Waals surface area contributed by atoms with Crippen LogP contribution in [0.2, 0.25) is 0 Å². The summed E-state index contributed by atoms with van der Waals surface area (Å²) in [4.78, 5) is 51.6. The molecule has 3 aromatic rings. The number of aromatic nitrogens is 4. The highest BCUT2D eigenvalue weighted by Crippen LogP contribution is 2.35. The average Bonchev–Trinajstić information content (AvgIpc) is 2.95. The molecule has 1 aliphatic carbocycles. The molecule has 196 valence electrons. The molecule has 12 nitrogen and oxygen atoms in total. The Kier molecular flexibility index (Phi) is 7.50. The smallest absolute Gasteiger partial charge is 0.202 e. The van der Waals surface area contributed by atoms with Crippen LogP contribution < -0.4 is 14.4 Å². The standard InChI is InChI=1S/C26H27N7O5/c1-36-9-10-38-24-13-18-17(11-23(24)37-2)26(30-16-29-18)31-19-12-22(35)20(14-21(19)34)32-5-7-33(8-6-32)25-15-27-3-4-28-25/h3-4,11,13-16H,5-10,12H2,1-2H3. The molecule has 1 aromatic carbocycles. The first kappa shape index (κ1) is 25.2. The minimum Gasteiger partial charge on any atom is -0.493 e. The third-order valence-electron chi connectivity index (χ3n) is 6.35. The summed E-state index contributed by atoms with van der Waals surface area (Å²) in [5, 5.41) is 0.575. The number of piperazine rings is 1. The Bertz CT molecular complexity index is 1400. The zero-order chi connectivity index (χ0) is 26.5. The van der Waals surface area contributed by atoms with Crippen LogP contribution in [0.4, 0.5) is 11.6 Å². The largest absolute Gasteiger partial charge is 0.493 e. The van der Waals surface area contributed by atoms with Gasteiger partial charge in [0, 0.05) is 63.2 Å². The number of fused-ring (bicyclic) bond motifs is 1. The lowest BCUT2D eigenvalue weighted by Crippen LogP contribution is -2.48. The second-order valence-electron chi connectivity index (χ2n) is 8.65. The summed E-state index contributed by atoms with van der Waals surface area (Å²) in [6.07, 6.45) is 7.65. The number of benzene rings is 1. The molecule has 0 atom stereocenters. The van der Waals surface area contributed by atoms with E-state index in [1.807, 2.05) is 4.90 Å². The second-order valence-corrected chi connectivity index (χ2v) is 8.65. The highest BCUT2D eigenvalue weighted by atomic mass is 16.5. The van der Waals surface area contributed by atoms with Crippen molar-refractivity contribution in [2.75, 3.05) is 58.5 Å². The predicted octanol–water partition coefficient (Wildman–Crippen LogP) is 1.77. The van der Waals surface area contributed by atoms with E-state index in [1.165, 1.54) is 19.5 Å². The zero-order valence-corrected chi connectivity index (χ0v) is 21.2. The first-order chi connectivity index (χ1) is 18.6. The number of anilines is 1. The number of Topliss-reactive ketones (excluding diaryl/α,β-unsaturated/α-hetero) is 1. The van der Waals surface area contributed by atoms with Crippen molar-refractivity contribution in [3.8, 4) is 11.5 Å². The topological polar surface area (TPSA) is 132 Å². The van der Waals surface area contributed by atoms with Crippen LogP contribution in [0.1, 0.15) is 6.42 Å². The number of methoxy groups -OCH3 is 2. The van der Waals surface area contributed by atoms with Crippen LogP contribution in [0.25, 0.3) is 10.9 Å². The van der Waals surface area contributed by atoms with E-state index in [0.29, 0.717) is 67.5 Å². The van der Waals surface area contributed by atoms with Crippen LogP contribution in [0.3, 0.4) is 0 Å². The fraction of sp³-hybridized carbons (Fsp3) is 0.346. The van der Waals surface area contributed by atoms with Gasteiger partial charge in [-0.25, -0.2) is 19.9 Å². The van der Waals surface area contributed by atoms with Crippen molar-refractivity contribution in [1.82, 2.24) is 24.8 Å². The van der Waals surface area contributed by atoms with Gasteiger partial charge in [0.1, 0.15) is 18.8 Å². The molecule has 0 spiro atoms. The van der Waals surface area contributed by atoms with Crippen molar-refractivity contribution in [3.63, 3.8) is 0 Å². The van der Waals surface area contributed by atoms with Crippen LogP contribution in [-0.4, -0.2) is 95.7 Å². The van der Waals surface area contributed by atoms with E-state index in [2.05, 4.69) is 29.8 Å². The molecule has 0 bridgehead atoms. The molecule has 2 aliphatic rings. The molecule has 1 saturated heterocycles. The van der Waals surface area contributed by atoms with Crippen molar-refractivity contribution in [2.24, 2.45) is 4.99 Å². The Morgan fingerprint density at radius 1 is 0.947 bits per heavy atom. The Morgan fingerprint density at radius 2 is 1.76 bits per heavy atom. The maximum atomic E-state index is 13.1. The van der Waals surface area contributed by atoms with Crippen molar-refractivity contribution in [3.05, 3.63) is 48.8 Å². The van der Waals surface area contributed by atoms with Crippen LogP contribution in [0.15, 0.2) is 53.8 Å². The molecule has 38 heavy (non-hydrogen) atoms. The number of ether oxygens (including phenoxy) is 3. The van der Waals surface area contributed by atoms with Crippen molar-refractivity contribution >= 4 is 39.8 Å². The number of aliphatic imine (C=N–C) groups is 1. The highest BCUT2D eigenvalue weighted by molar-refractivity contribution is 6.50. The van der Waals surface area contributed by atoms with E-state index in [9.17, 15) is 9.59 Å². The van der Waals surface area contributed by atoms with Gasteiger partial charge < -0.3 is 24.0 Å². The molecule has 0 N–H and O–H groups in total. The van der Waals surface area contributed by atoms with Gasteiger partial charge in [-0.2, -0.15) is 0 Å². The van der Waals surface area contributed by atoms with Crippen LogP contribution >= 0.6 is 0 Å². The molecule has 5 rings (SSSR count). The van der Waals surface area contributed by atoms with Gasteiger partial charge in [0.05, 0.1) is 43.3 Å². The van der Waals surface area contributed by atoms with Gasteiger partial charge in [-0.05, 0) is 6.07 Å². The van der Waals surface area contributed by atoms with E-state index >= 15 is 0 Å². The maximum absolute atomic E-state index is 13.1. The first-order valence-corrected chi connectivity index (χ1v) is 12.1. The Morgan fingerprint density at radius 3 is 2.50 bits per heavy atom. The van der Waals surface area contributed by atoms with Crippen molar-refractivity contribution in [1.29, 1.82) is 0 Å². The number of hydrogen-bond acceptors (Lipinski definition) is 12. The third-order valence-corrected chi connectivity index (χ3v) is 6.35. The summed E-state index contributed by atoms with van der Waals surface area (Å²) in [6, 6.07) is 3.44. The number of ketones is 2. The highest BCUT2D eigenvalue weighted by Gasteiger charge is 2.30. The molecule has 0 radical (unpaired) electrons. The lowest BCUT2D eigenvalue weighted by Gasteiger charge is -2.37. The molecule has 1 fully saturated rings. The lowest BCUT2D eigenvalue weighted by molar-refractivity contribution is -0.118. The number of allylic oxidation sites excluding steroid dienone is 2. The molecule has 1 aliphatic heterocycles. The predicted molar refractivity (Wildman–Crippen MR) is 139 cm³/mol. The SMILES string of the molecule is COCCOc1cc2ncnc(N=C3CC(=O)C(N4CCN(c5cnccn5)CC4)=CC3=O)c2cc1OC. The van der Waals surface area contributed by atoms with Gasteiger partial charge in [-0.3, -0.25) is 14.6 Å². The van der Waals surface area contributed by atoms with E-state index in [4.69, 9.17) is 14.2 Å². The molecule has 0 saturated carbocycles. The van der Waals surface area contributed by atoms with Gasteiger partial charge in [-0.15, -0.1) is 0 Å². The molecule has 2 aromatic heterocycles. The molecular formula is C26H27N7O5. The van der Waals surface area contributed by atoms with Gasteiger partial charge in [0.25, 0.3) is 0 Å². The summed E-state index contributed by atoms with van der Waals surface area (Å²) >= 11 is 0. The zero-order valence-electron chi connectivity index (χ0n) is 21.2. The van der Waals surface area contributed by atoms with Crippen LogP contribution in [-0.2, 0) is 14.3 Å². The second kappa shape index (κ2) is 11.3. The maximum Gasteiger partial charge on any atom is 0.202 e. The van der Waals surface area contributed by atoms with E-state index in [1.54, 1.807) is 37.8 Å². The number of nitrogens with zero attached hydrogens (tertiary/aromatic N) is 7. The summed E-state index contributed by atoms with van der Waals surface area (Å²) in [5.74, 6) is 1.59. The Hall–Kier alpha value is -4.45. The number of rotatable bonds is 8. The van der Waals surface area contributed by atoms with Gasteiger partial charge in [0.2, 0.25) is 5.78 Å². The monoisotopic (exact) mass is 517 g/mol. The van der Waals surface area contributed by atoms with Gasteiger partial charge in [0.15, 0.2) is 23.1 Å². The average molecular weight is 518 g/mol. The minimum absolute atomic E-state index is 0.101. The van der Waals surface area contributed by atoms with Crippen molar-refractivity contribution < 1.29 is 23.8 Å². The minimum atomic E-state index is -0.311. The molecule has 0 unspecified atom stereocenters. The molecule has 0 amide bonds. The number of carbonyl (C=O) groups excluding carboxylic acids is 2. The number of hydrogen-bond donors (Lipinski definition) is 0. The van der Waals surface area contributed by atoms with Crippen molar-refractivity contribution in [2.45, 2.75) is 6.42 Å². The van der Waals surface area contributed by atoms with E-state index in [-0.39, 0.29) is 29.5 Å². The summed E-state index contributed by atoms with van der Waals surface area (Å²) < 4.78 is 16.2. The summed E-state index contributed by atoms with van der Waals surface area (Å²) in [5.41, 5.74) is 1.12. The number of carbonyl (C=O) groups is 2. The Balaban J connectivity index is 1.35. The quantitative estimate of drug-likeness (QED) is 0.405.